The molecule has 0 bridgehead atoms. The van der Waals surface area contributed by atoms with Crippen molar-refractivity contribution in [3.05, 3.63) is 28.2 Å². The number of hydrogen-bond donors (Lipinski definition) is 1. The molecule has 1 aliphatic carbocycles. The summed E-state index contributed by atoms with van der Waals surface area (Å²) in [6.45, 7) is 0. The molecule has 1 aromatic rings. The van der Waals surface area contributed by atoms with Crippen molar-refractivity contribution in [1.82, 2.24) is 5.32 Å². The van der Waals surface area contributed by atoms with Crippen LogP contribution in [0.3, 0.4) is 0 Å². The molecule has 2 rings (SSSR count). The van der Waals surface area contributed by atoms with Gasteiger partial charge in [0.05, 0.1) is 15.7 Å². The van der Waals surface area contributed by atoms with Crippen LogP contribution in [0.2, 0.25) is 10.0 Å². The van der Waals surface area contributed by atoms with Crippen LogP contribution in [0.4, 0.5) is 0 Å². The van der Waals surface area contributed by atoms with Crippen LogP contribution in [0, 0.1) is 5.92 Å². The lowest BCUT2D eigenvalue weighted by molar-refractivity contribution is 0.404. The lowest BCUT2D eigenvalue weighted by Gasteiger charge is -2.23. The Morgan fingerprint density at radius 3 is 2.55 bits per heavy atom. The Bertz CT molecular complexity index is 569. The van der Waals surface area contributed by atoms with Gasteiger partial charge in [-0.2, -0.15) is 0 Å². The van der Waals surface area contributed by atoms with Gasteiger partial charge < -0.3 is 5.32 Å². The number of sulfone groups is 1. The van der Waals surface area contributed by atoms with Crippen molar-refractivity contribution in [2.45, 2.75) is 36.6 Å². The van der Waals surface area contributed by atoms with Crippen LogP contribution in [0.5, 0.6) is 0 Å². The van der Waals surface area contributed by atoms with Crippen molar-refractivity contribution in [2.75, 3.05) is 12.8 Å². The van der Waals surface area contributed by atoms with Crippen LogP contribution in [-0.2, 0) is 9.84 Å². The van der Waals surface area contributed by atoms with E-state index >= 15 is 0 Å². The van der Waals surface area contributed by atoms with Crippen molar-refractivity contribution < 1.29 is 8.42 Å². The van der Waals surface area contributed by atoms with Gasteiger partial charge in [0.25, 0.3) is 0 Å². The zero-order valence-corrected chi connectivity index (χ0v) is 13.7. The summed E-state index contributed by atoms with van der Waals surface area (Å²) < 4.78 is 25.1. The topological polar surface area (TPSA) is 46.2 Å². The van der Waals surface area contributed by atoms with Crippen LogP contribution in [0.25, 0.3) is 0 Å². The monoisotopic (exact) mass is 335 g/mol. The summed E-state index contributed by atoms with van der Waals surface area (Å²) in [6.07, 6.45) is 4.54. The van der Waals surface area contributed by atoms with E-state index < -0.39 is 9.84 Å². The van der Waals surface area contributed by atoms with Gasteiger partial charge in [0.2, 0.25) is 0 Å². The zero-order chi connectivity index (χ0) is 14.8. The third-order valence-electron chi connectivity index (χ3n) is 3.97. The molecule has 6 heteroatoms. The highest BCUT2D eigenvalue weighted by Gasteiger charge is 2.30. The van der Waals surface area contributed by atoms with E-state index in [9.17, 15) is 8.42 Å². The molecule has 1 saturated carbocycles. The first-order valence-electron chi connectivity index (χ1n) is 6.79. The molecule has 3 nitrogen and oxygen atoms in total. The van der Waals surface area contributed by atoms with Gasteiger partial charge >= 0.3 is 0 Å². The van der Waals surface area contributed by atoms with Gasteiger partial charge in [0.1, 0.15) is 0 Å². The molecule has 1 N–H and O–H groups in total. The van der Waals surface area contributed by atoms with E-state index in [0.717, 1.165) is 12.8 Å². The molecule has 1 aromatic carbocycles. The molecule has 1 fully saturated rings. The van der Waals surface area contributed by atoms with Crippen molar-refractivity contribution in [3.63, 3.8) is 0 Å². The predicted octanol–water partition coefficient (Wildman–Crippen LogP) is 3.55. The predicted molar refractivity (Wildman–Crippen MR) is 83.3 cm³/mol. The molecule has 1 unspecified atom stereocenters. The number of nitrogens with one attached hydrogen (secondary N) is 1. The first kappa shape index (κ1) is 16.1. The van der Waals surface area contributed by atoms with Crippen LogP contribution in [0.1, 0.15) is 25.7 Å². The molecule has 0 spiro atoms. The second-order valence-corrected chi connectivity index (χ2v) is 8.14. The van der Waals surface area contributed by atoms with Gasteiger partial charge in [-0.05, 0) is 44.0 Å². The summed E-state index contributed by atoms with van der Waals surface area (Å²) in [7, 11) is -1.62. The van der Waals surface area contributed by atoms with Crippen molar-refractivity contribution >= 4 is 33.0 Å². The smallest absolute Gasteiger partial charge is 0.181 e. The Labute approximate surface area is 130 Å². The minimum absolute atomic E-state index is 0.0300. The minimum atomic E-state index is -3.44. The fourth-order valence-corrected chi connectivity index (χ4v) is 5.33. The molecular formula is C14H19Cl2NO2S. The Morgan fingerprint density at radius 2 is 1.95 bits per heavy atom. The van der Waals surface area contributed by atoms with Gasteiger partial charge in [0, 0.05) is 11.1 Å². The Balaban J connectivity index is 2.23. The van der Waals surface area contributed by atoms with Crippen molar-refractivity contribution in [2.24, 2.45) is 5.92 Å². The highest BCUT2D eigenvalue weighted by Crippen LogP contribution is 2.31. The van der Waals surface area contributed by atoms with Crippen molar-refractivity contribution in [1.29, 1.82) is 0 Å². The second-order valence-electron chi connectivity index (χ2n) is 5.30. The molecule has 112 valence electrons. The largest absolute Gasteiger partial charge is 0.316 e. The maximum atomic E-state index is 12.5. The fraction of sp³-hybridized carbons (Fsp3) is 0.571. The Morgan fingerprint density at radius 1 is 1.30 bits per heavy atom. The molecule has 0 amide bonds. The molecule has 0 heterocycles. The SMILES string of the molecule is CNC(CS(=O)(=O)c1cc(Cl)ccc1Cl)C1CCCC1. The molecule has 0 aliphatic heterocycles. The summed E-state index contributed by atoms with van der Waals surface area (Å²) in [6, 6.07) is 4.52. The second kappa shape index (κ2) is 6.65. The number of rotatable bonds is 5. The van der Waals surface area contributed by atoms with Crippen LogP contribution < -0.4 is 5.32 Å². The quantitative estimate of drug-likeness (QED) is 0.894. The van der Waals surface area contributed by atoms with E-state index in [4.69, 9.17) is 23.2 Å². The standard InChI is InChI=1S/C14H19Cl2NO2S/c1-17-13(10-4-2-3-5-10)9-20(18,19)14-8-11(15)6-7-12(14)16/h6-8,10,13,17H,2-5,9H2,1H3. The highest BCUT2D eigenvalue weighted by molar-refractivity contribution is 7.91. The molecule has 0 radical (unpaired) electrons. The zero-order valence-electron chi connectivity index (χ0n) is 11.4. The lowest BCUT2D eigenvalue weighted by Crippen LogP contribution is -2.38. The Hall–Kier alpha value is -0.290. The van der Waals surface area contributed by atoms with Gasteiger partial charge in [-0.25, -0.2) is 8.42 Å². The van der Waals surface area contributed by atoms with E-state index in [0.29, 0.717) is 10.9 Å². The maximum Gasteiger partial charge on any atom is 0.181 e. The molecule has 1 aliphatic rings. The van der Waals surface area contributed by atoms with Crippen molar-refractivity contribution in [3.8, 4) is 0 Å². The Kier molecular flexibility index (Phi) is 5.35. The summed E-state index contributed by atoms with van der Waals surface area (Å²) >= 11 is 11.9. The first-order valence-corrected chi connectivity index (χ1v) is 9.20. The lowest BCUT2D eigenvalue weighted by atomic mass is 10.0. The summed E-state index contributed by atoms with van der Waals surface area (Å²) in [4.78, 5) is 0.130. The van der Waals surface area contributed by atoms with Gasteiger partial charge in [-0.1, -0.05) is 36.0 Å². The molecule has 20 heavy (non-hydrogen) atoms. The van der Waals surface area contributed by atoms with E-state index in [-0.39, 0.29) is 21.7 Å². The molecular weight excluding hydrogens is 317 g/mol. The molecule has 1 atom stereocenters. The average Bonchev–Trinajstić information content (AvgIpc) is 2.92. The minimum Gasteiger partial charge on any atom is -0.316 e. The molecule has 0 saturated heterocycles. The number of hydrogen-bond acceptors (Lipinski definition) is 3. The highest BCUT2D eigenvalue weighted by atomic mass is 35.5. The van der Waals surface area contributed by atoms with E-state index in [1.165, 1.54) is 25.0 Å². The first-order chi connectivity index (χ1) is 9.44. The molecule has 0 aromatic heterocycles. The van der Waals surface area contributed by atoms with E-state index in [1.54, 1.807) is 6.07 Å². The normalized spacial score (nSPS) is 18.4. The average molecular weight is 336 g/mol. The van der Waals surface area contributed by atoms with Gasteiger partial charge in [0.15, 0.2) is 9.84 Å². The summed E-state index contributed by atoms with van der Waals surface area (Å²) in [5.74, 6) is 0.488. The van der Waals surface area contributed by atoms with Crippen LogP contribution in [-0.4, -0.2) is 27.3 Å². The maximum absolute atomic E-state index is 12.5. The number of benzene rings is 1. The number of halogens is 2. The summed E-state index contributed by atoms with van der Waals surface area (Å²) in [5.41, 5.74) is 0. The van der Waals surface area contributed by atoms with Gasteiger partial charge in [-0.15, -0.1) is 0 Å². The fourth-order valence-electron chi connectivity index (χ4n) is 2.86. The van der Waals surface area contributed by atoms with Gasteiger partial charge in [-0.3, -0.25) is 0 Å². The third-order valence-corrected chi connectivity index (χ3v) is 6.45. The summed E-state index contributed by atoms with van der Waals surface area (Å²) in [5, 5.41) is 3.76. The van der Waals surface area contributed by atoms with E-state index in [2.05, 4.69) is 5.32 Å². The third kappa shape index (κ3) is 3.67. The van der Waals surface area contributed by atoms with Crippen LogP contribution >= 0.6 is 23.2 Å². The van der Waals surface area contributed by atoms with E-state index in [1.807, 2.05) is 7.05 Å². The van der Waals surface area contributed by atoms with Crippen LogP contribution in [0.15, 0.2) is 23.1 Å².